The molecule has 0 spiro atoms. The predicted molar refractivity (Wildman–Crippen MR) is 126 cm³/mol. The number of carbonyl (C=O) groups is 3. The quantitative estimate of drug-likeness (QED) is 0.585. The van der Waals surface area contributed by atoms with Gasteiger partial charge in [-0.05, 0) is 44.0 Å². The van der Waals surface area contributed by atoms with Crippen molar-refractivity contribution >= 4 is 27.8 Å². The predicted octanol–water partition coefficient (Wildman–Crippen LogP) is 1.80. The van der Waals surface area contributed by atoms with Crippen molar-refractivity contribution in [3.05, 3.63) is 65.2 Å². The summed E-state index contributed by atoms with van der Waals surface area (Å²) in [6, 6.07) is 12.2. The molecule has 10 heteroatoms. The highest BCUT2D eigenvalue weighted by atomic mass is 32.2. The second kappa shape index (κ2) is 10.8. The zero-order valence-electron chi connectivity index (χ0n) is 19.2. The molecule has 1 aliphatic rings. The van der Waals surface area contributed by atoms with Gasteiger partial charge in [0.2, 0.25) is 15.9 Å². The number of carboxylic acid groups (broad SMARTS) is 1. The first-order valence-corrected chi connectivity index (χ1v) is 12.5. The first-order valence-electron chi connectivity index (χ1n) is 11.0. The Balaban J connectivity index is 1.54. The van der Waals surface area contributed by atoms with E-state index in [4.69, 9.17) is 0 Å². The third-order valence-electron chi connectivity index (χ3n) is 5.83. The van der Waals surface area contributed by atoms with Crippen molar-refractivity contribution in [2.45, 2.75) is 37.6 Å². The number of carboxylic acids is 1. The second-order valence-electron chi connectivity index (χ2n) is 8.32. The van der Waals surface area contributed by atoms with Crippen molar-refractivity contribution in [2.75, 3.05) is 26.2 Å². The lowest BCUT2D eigenvalue weighted by molar-refractivity contribution is -0.139. The Labute approximate surface area is 199 Å². The third kappa shape index (κ3) is 6.00. The highest BCUT2D eigenvalue weighted by molar-refractivity contribution is 7.89. The van der Waals surface area contributed by atoms with Gasteiger partial charge in [0.1, 0.15) is 6.04 Å². The van der Waals surface area contributed by atoms with E-state index < -0.39 is 27.9 Å². The van der Waals surface area contributed by atoms with Crippen LogP contribution < -0.4 is 5.32 Å². The van der Waals surface area contributed by atoms with Crippen LogP contribution >= 0.6 is 0 Å². The van der Waals surface area contributed by atoms with Gasteiger partial charge in [-0.15, -0.1) is 0 Å². The normalized spacial score (nSPS) is 15.5. The summed E-state index contributed by atoms with van der Waals surface area (Å²) in [5, 5.41) is 11.9. The number of benzene rings is 2. The van der Waals surface area contributed by atoms with Crippen molar-refractivity contribution in [3.63, 3.8) is 0 Å². The molecular formula is C24H29N3O6S. The minimum atomic E-state index is -3.67. The third-order valence-corrected chi connectivity index (χ3v) is 7.88. The topological polar surface area (TPSA) is 124 Å². The molecule has 1 heterocycles. The zero-order chi connectivity index (χ0) is 24.9. The molecule has 1 saturated heterocycles. The van der Waals surface area contributed by atoms with Crippen LogP contribution in [0.2, 0.25) is 0 Å². The Bertz CT molecular complexity index is 1160. The number of hydrogen-bond donors (Lipinski definition) is 2. The van der Waals surface area contributed by atoms with Crippen LogP contribution in [0.25, 0.3) is 0 Å². The average Bonchev–Trinajstić information content (AvgIpc) is 2.81. The highest BCUT2D eigenvalue weighted by Gasteiger charge is 2.31. The fraction of sp³-hybridized carbons (Fsp3) is 0.375. The average molecular weight is 488 g/mol. The molecule has 34 heavy (non-hydrogen) atoms. The van der Waals surface area contributed by atoms with Gasteiger partial charge < -0.3 is 15.3 Å². The van der Waals surface area contributed by atoms with Crippen molar-refractivity contribution in [1.29, 1.82) is 0 Å². The Morgan fingerprint density at radius 2 is 1.65 bits per heavy atom. The maximum Gasteiger partial charge on any atom is 0.326 e. The molecule has 0 unspecified atom stereocenters. The van der Waals surface area contributed by atoms with Gasteiger partial charge >= 0.3 is 5.97 Å². The number of carbonyl (C=O) groups excluding carboxylic acids is 2. The monoisotopic (exact) mass is 487 g/mol. The number of aryl methyl sites for hydroxylation is 2. The van der Waals surface area contributed by atoms with Gasteiger partial charge in [-0.25, -0.2) is 13.2 Å². The number of rotatable bonds is 8. The van der Waals surface area contributed by atoms with E-state index in [-0.39, 0.29) is 49.8 Å². The minimum Gasteiger partial charge on any atom is -0.480 e. The zero-order valence-corrected chi connectivity index (χ0v) is 20.0. The Morgan fingerprint density at radius 1 is 1.00 bits per heavy atom. The summed E-state index contributed by atoms with van der Waals surface area (Å²) in [5.41, 5.74) is 1.99. The summed E-state index contributed by atoms with van der Waals surface area (Å²) in [7, 11) is -3.67. The summed E-state index contributed by atoms with van der Waals surface area (Å²) in [6.45, 7) is 4.42. The Kier molecular flexibility index (Phi) is 8.06. The van der Waals surface area contributed by atoms with E-state index in [9.17, 15) is 27.9 Å². The summed E-state index contributed by atoms with van der Waals surface area (Å²) in [6.07, 6.45) is -0.135. The summed E-state index contributed by atoms with van der Waals surface area (Å²) in [4.78, 5) is 38.3. The molecule has 1 aliphatic heterocycles. The molecule has 1 atom stereocenters. The van der Waals surface area contributed by atoms with Crippen molar-refractivity contribution < 1.29 is 27.9 Å². The van der Waals surface area contributed by atoms with E-state index in [1.165, 1.54) is 9.21 Å². The van der Waals surface area contributed by atoms with Gasteiger partial charge in [-0.1, -0.05) is 35.9 Å². The van der Waals surface area contributed by atoms with Crippen molar-refractivity contribution in [3.8, 4) is 0 Å². The van der Waals surface area contributed by atoms with Crippen LogP contribution in [0.3, 0.4) is 0 Å². The molecule has 0 saturated carbocycles. The van der Waals surface area contributed by atoms with Gasteiger partial charge in [0.05, 0.1) is 4.90 Å². The smallest absolute Gasteiger partial charge is 0.326 e. The van der Waals surface area contributed by atoms with Gasteiger partial charge in [-0.3, -0.25) is 9.59 Å². The molecule has 1 fully saturated rings. The number of nitrogens with zero attached hydrogens (tertiary/aromatic N) is 2. The molecule has 0 aromatic heterocycles. The Hall–Kier alpha value is -3.24. The van der Waals surface area contributed by atoms with E-state index in [1.54, 1.807) is 49.4 Å². The molecular weight excluding hydrogens is 458 g/mol. The summed E-state index contributed by atoms with van der Waals surface area (Å²) in [5.74, 6) is -2.02. The SMILES string of the molecule is Cc1ccc(S(=O)(=O)N2CCN(C(=O)CC[C@H](NC(=O)c3ccccc3)C(=O)O)CC2)c(C)c1. The Morgan fingerprint density at radius 3 is 2.24 bits per heavy atom. The standard InChI is InChI=1S/C24H29N3O6S/c1-17-8-10-21(18(2)16-17)34(32,33)27-14-12-26(13-15-27)22(28)11-9-20(24(30)31)25-23(29)19-6-4-3-5-7-19/h3-8,10,16,20H,9,11-15H2,1-2H3,(H,25,29)(H,30,31)/t20-/m0/s1. The maximum atomic E-state index is 13.0. The number of hydrogen-bond acceptors (Lipinski definition) is 5. The lowest BCUT2D eigenvalue weighted by Crippen LogP contribution is -2.51. The molecule has 182 valence electrons. The van der Waals surface area contributed by atoms with E-state index >= 15 is 0 Å². The lowest BCUT2D eigenvalue weighted by atomic mass is 10.1. The van der Waals surface area contributed by atoms with Crippen LogP contribution in [-0.4, -0.2) is 72.7 Å². The molecule has 2 aromatic carbocycles. The molecule has 2 N–H and O–H groups in total. The van der Waals surface area contributed by atoms with E-state index in [2.05, 4.69) is 5.32 Å². The molecule has 3 rings (SSSR count). The van der Waals surface area contributed by atoms with Gasteiger partial charge in [0.25, 0.3) is 5.91 Å². The number of piperazine rings is 1. The van der Waals surface area contributed by atoms with E-state index in [1.807, 2.05) is 13.0 Å². The number of nitrogens with one attached hydrogen (secondary N) is 1. The number of aliphatic carboxylic acids is 1. The second-order valence-corrected chi connectivity index (χ2v) is 10.2. The molecule has 0 radical (unpaired) electrons. The van der Waals surface area contributed by atoms with Crippen LogP contribution in [0.4, 0.5) is 0 Å². The number of amides is 2. The lowest BCUT2D eigenvalue weighted by Gasteiger charge is -2.34. The molecule has 0 aliphatic carbocycles. The molecule has 0 bridgehead atoms. The molecule has 9 nitrogen and oxygen atoms in total. The van der Waals surface area contributed by atoms with E-state index in [0.717, 1.165) is 5.56 Å². The fourth-order valence-corrected chi connectivity index (χ4v) is 5.55. The maximum absolute atomic E-state index is 13.0. The van der Waals surface area contributed by atoms with Gasteiger partial charge in [-0.2, -0.15) is 4.31 Å². The largest absolute Gasteiger partial charge is 0.480 e. The van der Waals surface area contributed by atoms with Crippen LogP contribution in [0.5, 0.6) is 0 Å². The van der Waals surface area contributed by atoms with Gasteiger partial charge in [0.15, 0.2) is 0 Å². The van der Waals surface area contributed by atoms with Crippen LogP contribution in [0.15, 0.2) is 53.4 Å². The van der Waals surface area contributed by atoms with Crippen LogP contribution in [-0.2, 0) is 19.6 Å². The van der Waals surface area contributed by atoms with Crippen molar-refractivity contribution in [2.24, 2.45) is 0 Å². The molecule has 2 aromatic rings. The first-order chi connectivity index (χ1) is 16.1. The minimum absolute atomic E-state index is 0.0617. The fourth-order valence-electron chi connectivity index (χ4n) is 3.92. The highest BCUT2D eigenvalue weighted by Crippen LogP contribution is 2.22. The molecule has 2 amide bonds. The summed E-state index contributed by atoms with van der Waals surface area (Å²) >= 11 is 0. The number of sulfonamides is 1. The van der Waals surface area contributed by atoms with E-state index in [0.29, 0.717) is 11.1 Å². The van der Waals surface area contributed by atoms with Gasteiger partial charge in [0, 0.05) is 38.2 Å². The van der Waals surface area contributed by atoms with Crippen LogP contribution in [0.1, 0.15) is 34.3 Å². The first kappa shape index (κ1) is 25.4. The summed E-state index contributed by atoms with van der Waals surface area (Å²) < 4.78 is 27.4. The van der Waals surface area contributed by atoms with Crippen LogP contribution in [0, 0.1) is 13.8 Å². The van der Waals surface area contributed by atoms with Crippen molar-refractivity contribution in [1.82, 2.24) is 14.5 Å².